The molecular weight excluding hydrogens is 178 g/mol. The fourth-order valence-corrected chi connectivity index (χ4v) is 3.80. The Balaban J connectivity index is 2.84. The summed E-state index contributed by atoms with van der Waals surface area (Å²) in [6, 6.07) is 8.38. The second-order valence-corrected chi connectivity index (χ2v) is 6.05. The number of fused-ring (bicyclic) bond motifs is 1. The Labute approximate surface area is 79.6 Å². The molecule has 0 aromatic heterocycles. The fourth-order valence-electron chi connectivity index (χ4n) is 1.58. The van der Waals surface area contributed by atoms with Crippen LogP contribution >= 0.6 is 9.21 Å². The van der Waals surface area contributed by atoms with Gasteiger partial charge in [0.05, 0.1) is 11.2 Å². The first-order chi connectivity index (χ1) is 6.32. The van der Waals surface area contributed by atoms with E-state index in [0.29, 0.717) is 0 Å². The highest BCUT2D eigenvalue weighted by atomic mass is 32.2. The molecule has 2 heteroatoms. The van der Waals surface area contributed by atoms with Crippen LogP contribution in [0.1, 0.15) is 13.8 Å². The molecule has 0 atom stereocenters. The van der Waals surface area contributed by atoms with Crippen molar-refractivity contribution < 1.29 is 0 Å². The fraction of sp³-hybridized carbons (Fsp3) is 0.182. The van der Waals surface area contributed by atoms with Gasteiger partial charge < -0.3 is 0 Å². The highest BCUT2D eigenvalue weighted by Gasteiger charge is 2.12. The first-order valence-electron chi connectivity index (χ1n) is 4.38. The molecule has 0 saturated heterocycles. The predicted molar refractivity (Wildman–Crippen MR) is 63.9 cm³/mol. The van der Waals surface area contributed by atoms with Crippen molar-refractivity contribution in [2.45, 2.75) is 18.7 Å². The Hall–Kier alpha value is -1.02. The molecule has 0 aliphatic carbocycles. The molecule has 0 saturated carbocycles. The Morgan fingerprint density at radius 1 is 1.15 bits per heavy atom. The largest absolute Gasteiger partial charge is 0.250 e. The number of aliphatic imine (C=N–C) groups is 1. The van der Waals surface area contributed by atoms with Crippen LogP contribution in [0, 0.1) is 0 Å². The summed E-state index contributed by atoms with van der Waals surface area (Å²) in [4.78, 5) is 5.82. The molecule has 0 amide bonds. The Bertz CT molecular complexity index is 461. The molecule has 13 heavy (non-hydrogen) atoms. The van der Waals surface area contributed by atoms with Crippen LogP contribution in [0.3, 0.4) is 0 Å². The maximum Gasteiger partial charge on any atom is 0.0765 e. The van der Waals surface area contributed by atoms with Gasteiger partial charge in [-0.05, 0) is 26.0 Å². The van der Waals surface area contributed by atoms with E-state index in [4.69, 9.17) is 0 Å². The Morgan fingerprint density at radius 3 is 2.54 bits per heavy atom. The van der Waals surface area contributed by atoms with Gasteiger partial charge in [0, 0.05) is 4.90 Å². The minimum Gasteiger partial charge on any atom is -0.250 e. The van der Waals surface area contributed by atoms with Crippen LogP contribution in [0.5, 0.6) is 0 Å². The number of hydrogen-bond acceptors (Lipinski definition) is 1. The highest BCUT2D eigenvalue weighted by Crippen LogP contribution is 2.44. The van der Waals surface area contributed by atoms with E-state index >= 15 is 0 Å². The smallest absolute Gasteiger partial charge is 0.0765 e. The van der Waals surface area contributed by atoms with E-state index in [9.17, 15) is 0 Å². The summed E-state index contributed by atoms with van der Waals surface area (Å²) in [6.45, 7) is 4.23. The number of para-hydroxylation sites is 1. The first kappa shape index (κ1) is 8.57. The normalized spacial score (nSPS) is 16.8. The summed E-state index contributed by atoms with van der Waals surface area (Å²) in [5.41, 5.74) is 3.23. The molecular formula is C11H13NS. The van der Waals surface area contributed by atoms with Gasteiger partial charge in [-0.3, -0.25) is 0 Å². The summed E-state index contributed by atoms with van der Waals surface area (Å²) in [6.07, 6.45) is 0. The maximum absolute atomic E-state index is 4.44. The average molecular weight is 191 g/mol. The molecule has 0 fully saturated rings. The lowest BCUT2D eigenvalue weighted by Crippen LogP contribution is -1.82. The van der Waals surface area contributed by atoms with Gasteiger partial charge in [0.2, 0.25) is 0 Å². The zero-order valence-electron chi connectivity index (χ0n) is 7.90. The number of benzene rings is 1. The Kier molecular flexibility index (Phi) is 2.00. The second-order valence-electron chi connectivity index (χ2n) is 2.94. The molecule has 1 heterocycles. The standard InChI is InChI=1S/C11H13NS/c1-3-13(4-2)9-12-10-7-5-6-8-11(10)13/h3-9H,1-2H3. The molecule has 68 valence electrons. The van der Waals surface area contributed by atoms with Gasteiger partial charge in [-0.2, -0.15) is 0 Å². The zero-order chi connectivity index (χ0) is 9.31. The highest BCUT2D eigenvalue weighted by molar-refractivity contribution is 8.39. The molecule has 0 radical (unpaired) electrons. The molecule has 0 bridgehead atoms. The SMILES string of the molecule is CC=S1(=CC)C=Nc2ccccc21. The van der Waals surface area contributed by atoms with E-state index in [-0.39, 0.29) is 0 Å². The van der Waals surface area contributed by atoms with Gasteiger partial charge in [0.1, 0.15) is 0 Å². The predicted octanol–water partition coefficient (Wildman–Crippen LogP) is 3.17. The van der Waals surface area contributed by atoms with Crippen molar-refractivity contribution in [3.63, 3.8) is 0 Å². The third kappa shape index (κ3) is 1.13. The van der Waals surface area contributed by atoms with Crippen molar-refractivity contribution in [2.75, 3.05) is 0 Å². The van der Waals surface area contributed by atoms with Gasteiger partial charge in [0.25, 0.3) is 0 Å². The third-order valence-corrected chi connectivity index (χ3v) is 5.51. The lowest BCUT2D eigenvalue weighted by molar-refractivity contribution is 1.41. The van der Waals surface area contributed by atoms with Crippen molar-refractivity contribution in [3.05, 3.63) is 24.3 Å². The monoisotopic (exact) mass is 191 g/mol. The van der Waals surface area contributed by atoms with E-state index in [2.05, 4.69) is 53.3 Å². The van der Waals surface area contributed by atoms with E-state index in [1.54, 1.807) is 0 Å². The zero-order valence-corrected chi connectivity index (χ0v) is 8.71. The van der Waals surface area contributed by atoms with Crippen LogP contribution in [-0.4, -0.2) is 16.3 Å². The second kappa shape index (κ2) is 3.04. The van der Waals surface area contributed by atoms with Crippen LogP contribution in [-0.2, 0) is 0 Å². The van der Waals surface area contributed by atoms with E-state index in [0.717, 1.165) is 5.69 Å². The average Bonchev–Trinajstić information content (AvgIpc) is 2.58. The lowest BCUT2D eigenvalue weighted by Gasteiger charge is -2.07. The van der Waals surface area contributed by atoms with Crippen LogP contribution < -0.4 is 0 Å². The summed E-state index contributed by atoms with van der Waals surface area (Å²) in [5, 5.41) is 4.53. The van der Waals surface area contributed by atoms with Gasteiger partial charge >= 0.3 is 0 Å². The molecule has 1 nitrogen and oxygen atoms in total. The summed E-state index contributed by atoms with van der Waals surface area (Å²) >= 11 is 0. The minimum atomic E-state index is -0.938. The summed E-state index contributed by atoms with van der Waals surface area (Å²) in [5.74, 6) is 0. The van der Waals surface area contributed by atoms with Crippen molar-refractivity contribution in [1.82, 2.24) is 0 Å². The van der Waals surface area contributed by atoms with Crippen LogP contribution in [0.4, 0.5) is 5.69 Å². The Morgan fingerprint density at radius 2 is 1.85 bits per heavy atom. The molecule has 1 aromatic carbocycles. The first-order valence-corrected chi connectivity index (χ1v) is 6.20. The van der Waals surface area contributed by atoms with E-state index in [1.165, 1.54) is 4.90 Å². The number of hydrogen-bond donors (Lipinski definition) is 0. The lowest BCUT2D eigenvalue weighted by atomic mass is 10.3. The van der Waals surface area contributed by atoms with Crippen molar-refractivity contribution in [2.24, 2.45) is 4.99 Å². The molecule has 0 N–H and O–H groups in total. The van der Waals surface area contributed by atoms with Crippen LogP contribution in [0.2, 0.25) is 0 Å². The van der Waals surface area contributed by atoms with Gasteiger partial charge in [0.15, 0.2) is 0 Å². The van der Waals surface area contributed by atoms with Crippen molar-refractivity contribution in [3.8, 4) is 0 Å². The third-order valence-electron chi connectivity index (χ3n) is 2.39. The number of nitrogens with zero attached hydrogens (tertiary/aromatic N) is 1. The molecule has 2 rings (SSSR count). The quantitative estimate of drug-likeness (QED) is 0.558. The summed E-state index contributed by atoms with van der Waals surface area (Å²) < 4.78 is 0. The van der Waals surface area contributed by atoms with Crippen LogP contribution in [0.15, 0.2) is 34.2 Å². The van der Waals surface area contributed by atoms with Crippen LogP contribution in [0.25, 0.3) is 0 Å². The number of rotatable bonds is 0. The van der Waals surface area contributed by atoms with E-state index in [1.807, 2.05) is 6.07 Å². The van der Waals surface area contributed by atoms with Crippen molar-refractivity contribution in [1.29, 1.82) is 0 Å². The van der Waals surface area contributed by atoms with E-state index < -0.39 is 9.21 Å². The van der Waals surface area contributed by atoms with Gasteiger partial charge in [-0.1, -0.05) is 22.9 Å². The maximum atomic E-state index is 4.44. The molecule has 0 spiro atoms. The molecule has 0 unspecified atom stereocenters. The van der Waals surface area contributed by atoms with Crippen molar-refractivity contribution >= 4 is 31.2 Å². The van der Waals surface area contributed by atoms with Gasteiger partial charge in [-0.15, -0.1) is 9.21 Å². The molecule has 1 aromatic rings. The van der Waals surface area contributed by atoms with Gasteiger partial charge in [-0.25, -0.2) is 4.99 Å². The molecule has 1 aliphatic heterocycles. The molecule has 1 aliphatic rings. The topological polar surface area (TPSA) is 12.4 Å². The minimum absolute atomic E-state index is 0.938. The summed E-state index contributed by atoms with van der Waals surface area (Å²) in [7, 11) is -0.938.